The van der Waals surface area contributed by atoms with Gasteiger partial charge >= 0.3 is 5.97 Å². The first kappa shape index (κ1) is 20.5. The average Bonchev–Trinajstić information content (AvgIpc) is 3.04. The Labute approximate surface area is 172 Å². The molecule has 1 amide bonds. The summed E-state index contributed by atoms with van der Waals surface area (Å²) in [7, 11) is 0. The van der Waals surface area contributed by atoms with Crippen molar-refractivity contribution in [3.63, 3.8) is 0 Å². The number of aliphatic imine (C=N–C) groups is 1. The van der Waals surface area contributed by atoms with Crippen LogP contribution in [-0.2, 0) is 9.59 Å². The molecule has 0 radical (unpaired) electrons. The first-order valence-corrected chi connectivity index (χ1v) is 9.78. The molecule has 1 heterocycles. The molecule has 2 aromatic rings. The van der Waals surface area contributed by atoms with Crippen molar-refractivity contribution in [2.75, 3.05) is 6.61 Å². The highest BCUT2D eigenvalue weighted by atomic mass is 32.2. The summed E-state index contributed by atoms with van der Waals surface area (Å²) in [4.78, 5) is 28.0. The second kappa shape index (κ2) is 9.29. The van der Waals surface area contributed by atoms with E-state index in [0.29, 0.717) is 28.1 Å². The number of ether oxygens (including phenoxy) is 2. The molecule has 2 aromatic carbocycles. The minimum atomic E-state index is -1.03. The van der Waals surface area contributed by atoms with Gasteiger partial charge in [-0.25, -0.2) is 9.79 Å². The average molecular weight is 412 g/mol. The standard InChI is InChI=1S/C21H20N2O5S/c1-3-27-16-10-6-15(7-11-16)22-21-23-19(24)18(29-21)12-14-4-8-17(9-5-14)28-13(2)20(25)26/h4-13H,3H2,1-2H3,(H,25,26)(H,22,23,24)/b18-12-. The van der Waals surface area contributed by atoms with Gasteiger partial charge in [0, 0.05) is 0 Å². The summed E-state index contributed by atoms with van der Waals surface area (Å²) < 4.78 is 10.7. The van der Waals surface area contributed by atoms with E-state index in [2.05, 4.69) is 10.3 Å². The molecule has 2 N–H and O–H groups in total. The molecule has 150 valence electrons. The Morgan fingerprint density at radius 3 is 2.45 bits per heavy atom. The van der Waals surface area contributed by atoms with Crippen molar-refractivity contribution < 1.29 is 24.2 Å². The fourth-order valence-electron chi connectivity index (χ4n) is 2.43. The molecule has 7 nitrogen and oxygen atoms in total. The van der Waals surface area contributed by atoms with Crippen LogP contribution in [0.5, 0.6) is 11.5 Å². The number of aliphatic carboxylic acids is 1. The van der Waals surface area contributed by atoms with E-state index >= 15 is 0 Å². The lowest BCUT2D eigenvalue weighted by Gasteiger charge is -2.10. The first-order chi connectivity index (χ1) is 13.9. The van der Waals surface area contributed by atoms with E-state index in [1.807, 2.05) is 31.2 Å². The Bertz CT molecular complexity index is 952. The van der Waals surface area contributed by atoms with Crippen LogP contribution in [-0.4, -0.2) is 34.9 Å². The summed E-state index contributed by atoms with van der Waals surface area (Å²) in [5.74, 6) is -0.0391. The molecule has 0 saturated carbocycles. The summed E-state index contributed by atoms with van der Waals surface area (Å²) in [5, 5.41) is 12.1. The third kappa shape index (κ3) is 5.61. The van der Waals surface area contributed by atoms with Gasteiger partial charge in [0.25, 0.3) is 5.91 Å². The number of hydrogen-bond donors (Lipinski definition) is 2. The van der Waals surface area contributed by atoms with E-state index in [0.717, 1.165) is 11.3 Å². The number of carbonyl (C=O) groups excluding carboxylic acids is 1. The maximum Gasteiger partial charge on any atom is 0.344 e. The van der Waals surface area contributed by atoms with Crippen molar-refractivity contribution in [1.29, 1.82) is 0 Å². The fourth-order valence-corrected chi connectivity index (χ4v) is 3.27. The lowest BCUT2D eigenvalue weighted by Crippen LogP contribution is -2.22. The van der Waals surface area contributed by atoms with Crippen LogP contribution in [0.15, 0.2) is 58.4 Å². The van der Waals surface area contributed by atoms with Crippen LogP contribution >= 0.6 is 11.8 Å². The van der Waals surface area contributed by atoms with Gasteiger partial charge < -0.3 is 19.9 Å². The number of carbonyl (C=O) groups is 2. The van der Waals surface area contributed by atoms with Crippen LogP contribution in [0.1, 0.15) is 19.4 Å². The number of carboxylic acid groups (broad SMARTS) is 1. The van der Waals surface area contributed by atoms with E-state index in [1.165, 1.54) is 18.7 Å². The molecule has 0 spiro atoms. The van der Waals surface area contributed by atoms with E-state index in [-0.39, 0.29) is 5.91 Å². The quantitative estimate of drug-likeness (QED) is 0.671. The zero-order valence-electron chi connectivity index (χ0n) is 15.9. The largest absolute Gasteiger partial charge is 0.494 e. The Hall–Kier alpha value is -3.26. The smallest absolute Gasteiger partial charge is 0.344 e. The summed E-state index contributed by atoms with van der Waals surface area (Å²) in [6, 6.07) is 14.1. The van der Waals surface area contributed by atoms with Gasteiger partial charge in [0.2, 0.25) is 0 Å². The Morgan fingerprint density at radius 1 is 1.17 bits per heavy atom. The second-order valence-electron chi connectivity index (χ2n) is 6.08. The number of amidine groups is 1. The third-order valence-corrected chi connectivity index (χ3v) is 4.78. The van der Waals surface area contributed by atoms with Crippen molar-refractivity contribution in [2.24, 2.45) is 4.99 Å². The second-order valence-corrected chi connectivity index (χ2v) is 7.11. The molecule has 1 atom stereocenters. The topological polar surface area (TPSA) is 97.2 Å². The monoisotopic (exact) mass is 412 g/mol. The van der Waals surface area contributed by atoms with Crippen molar-refractivity contribution in [3.05, 3.63) is 59.0 Å². The molecule has 1 saturated heterocycles. The van der Waals surface area contributed by atoms with Gasteiger partial charge in [0.15, 0.2) is 11.3 Å². The highest BCUT2D eigenvalue weighted by Gasteiger charge is 2.23. The molecule has 1 fully saturated rings. The number of benzene rings is 2. The lowest BCUT2D eigenvalue weighted by molar-refractivity contribution is -0.144. The molecule has 1 unspecified atom stereocenters. The number of thioether (sulfide) groups is 1. The predicted octanol–water partition coefficient (Wildman–Crippen LogP) is 3.83. The summed E-state index contributed by atoms with van der Waals surface area (Å²) in [6.45, 7) is 3.98. The van der Waals surface area contributed by atoms with Crippen molar-refractivity contribution >= 4 is 40.6 Å². The normalized spacial score (nSPS) is 17.2. The van der Waals surface area contributed by atoms with Gasteiger partial charge in [-0.2, -0.15) is 0 Å². The summed E-state index contributed by atoms with van der Waals surface area (Å²) in [6.07, 6.45) is 0.808. The Kier molecular flexibility index (Phi) is 6.56. The van der Waals surface area contributed by atoms with Crippen LogP contribution < -0.4 is 14.8 Å². The zero-order chi connectivity index (χ0) is 20.8. The van der Waals surface area contributed by atoms with Crippen molar-refractivity contribution in [3.8, 4) is 11.5 Å². The SMILES string of the molecule is CCOc1ccc(N=C2NC(=O)/C(=C/c3ccc(OC(C)C(=O)O)cc3)S2)cc1. The van der Waals surface area contributed by atoms with Crippen LogP contribution in [0.2, 0.25) is 0 Å². The molecule has 0 aromatic heterocycles. The van der Waals surface area contributed by atoms with E-state index in [9.17, 15) is 9.59 Å². The molecular weight excluding hydrogens is 392 g/mol. The van der Waals surface area contributed by atoms with Crippen LogP contribution in [0.4, 0.5) is 5.69 Å². The minimum Gasteiger partial charge on any atom is -0.494 e. The molecule has 0 aliphatic carbocycles. The fraction of sp³-hybridized carbons (Fsp3) is 0.190. The summed E-state index contributed by atoms with van der Waals surface area (Å²) in [5.41, 5.74) is 1.51. The Morgan fingerprint density at radius 2 is 1.83 bits per heavy atom. The van der Waals surface area contributed by atoms with Crippen molar-refractivity contribution in [1.82, 2.24) is 5.32 Å². The highest BCUT2D eigenvalue weighted by Crippen LogP contribution is 2.29. The zero-order valence-corrected chi connectivity index (χ0v) is 16.7. The number of nitrogens with one attached hydrogen (secondary N) is 1. The molecule has 3 rings (SSSR count). The number of carboxylic acids is 1. The molecule has 0 bridgehead atoms. The van der Waals surface area contributed by atoms with Crippen LogP contribution in [0, 0.1) is 0 Å². The number of rotatable bonds is 7. The van der Waals surface area contributed by atoms with E-state index in [1.54, 1.807) is 30.3 Å². The van der Waals surface area contributed by atoms with Gasteiger partial charge in [-0.15, -0.1) is 0 Å². The number of hydrogen-bond acceptors (Lipinski definition) is 6. The minimum absolute atomic E-state index is 0.223. The van der Waals surface area contributed by atoms with Gasteiger partial charge in [-0.05, 0) is 73.6 Å². The molecule has 8 heteroatoms. The first-order valence-electron chi connectivity index (χ1n) is 8.96. The predicted molar refractivity (Wildman–Crippen MR) is 113 cm³/mol. The van der Waals surface area contributed by atoms with Crippen molar-refractivity contribution in [2.45, 2.75) is 20.0 Å². The number of amides is 1. The van der Waals surface area contributed by atoms with Crippen LogP contribution in [0.3, 0.4) is 0 Å². The summed E-state index contributed by atoms with van der Waals surface area (Å²) >= 11 is 1.25. The van der Waals surface area contributed by atoms with Gasteiger partial charge in [-0.3, -0.25) is 4.79 Å². The van der Waals surface area contributed by atoms with Gasteiger partial charge in [0.05, 0.1) is 17.2 Å². The lowest BCUT2D eigenvalue weighted by atomic mass is 10.2. The molecule has 1 aliphatic rings. The maximum absolute atomic E-state index is 12.2. The van der Waals surface area contributed by atoms with Gasteiger partial charge in [0.1, 0.15) is 11.5 Å². The van der Waals surface area contributed by atoms with E-state index < -0.39 is 12.1 Å². The molecular formula is C21H20N2O5S. The highest BCUT2D eigenvalue weighted by molar-refractivity contribution is 8.18. The molecule has 29 heavy (non-hydrogen) atoms. The molecule has 1 aliphatic heterocycles. The Balaban J connectivity index is 1.68. The van der Waals surface area contributed by atoms with Gasteiger partial charge in [-0.1, -0.05) is 12.1 Å². The maximum atomic E-state index is 12.2. The van der Waals surface area contributed by atoms with E-state index in [4.69, 9.17) is 14.6 Å². The third-order valence-electron chi connectivity index (χ3n) is 3.87. The number of nitrogens with zero attached hydrogens (tertiary/aromatic N) is 1. The van der Waals surface area contributed by atoms with Crippen LogP contribution in [0.25, 0.3) is 6.08 Å².